The molecule has 88 valence electrons. The summed E-state index contributed by atoms with van der Waals surface area (Å²) >= 11 is 0. The minimum atomic E-state index is -2.36. The van der Waals surface area contributed by atoms with Crippen LogP contribution < -0.4 is 0 Å². The lowest BCUT2D eigenvalue weighted by Gasteiger charge is -2.51. The van der Waals surface area contributed by atoms with Crippen molar-refractivity contribution in [3.8, 4) is 0 Å². The van der Waals surface area contributed by atoms with Crippen LogP contribution in [-0.2, 0) is 8.23 Å². The lowest BCUT2D eigenvalue weighted by Crippen LogP contribution is -2.70. The van der Waals surface area contributed by atoms with Gasteiger partial charge in [-0.05, 0) is 49.5 Å². The standard InChI is InChI=1S/C12H20O2Si2/c1-8-15(9-2)13-16(14-15,11(5)6)12(7)10(3)4/h8-9H,1-2,5H2,3-4,6-7H3. The van der Waals surface area contributed by atoms with Crippen molar-refractivity contribution in [2.45, 2.75) is 27.7 Å². The monoisotopic (exact) mass is 252 g/mol. The lowest BCUT2D eigenvalue weighted by atomic mass is 10.3. The third kappa shape index (κ3) is 1.82. The molecule has 0 N–H and O–H groups in total. The summed E-state index contributed by atoms with van der Waals surface area (Å²) in [6, 6.07) is 0. The minimum Gasteiger partial charge on any atom is -0.403 e. The Kier molecular flexibility index (Phi) is 3.59. The fraction of sp³-hybridized carbons (Fsp3) is 0.333. The molecule has 1 saturated heterocycles. The van der Waals surface area contributed by atoms with E-state index in [1.807, 2.05) is 6.92 Å². The molecule has 1 fully saturated rings. The van der Waals surface area contributed by atoms with E-state index >= 15 is 0 Å². The predicted molar refractivity (Wildman–Crippen MR) is 72.9 cm³/mol. The Labute approximate surface area is 100 Å². The van der Waals surface area contributed by atoms with E-state index in [9.17, 15) is 0 Å². The summed E-state index contributed by atoms with van der Waals surface area (Å²) in [6.07, 6.45) is 0. The van der Waals surface area contributed by atoms with Crippen molar-refractivity contribution in [3.63, 3.8) is 0 Å². The van der Waals surface area contributed by atoms with E-state index in [1.165, 1.54) is 10.8 Å². The van der Waals surface area contributed by atoms with Gasteiger partial charge in [-0.1, -0.05) is 12.2 Å². The van der Waals surface area contributed by atoms with Crippen molar-refractivity contribution in [1.82, 2.24) is 0 Å². The molecular formula is C12H20O2Si2. The fourth-order valence-corrected chi connectivity index (χ4v) is 10.8. The van der Waals surface area contributed by atoms with Gasteiger partial charge in [-0.25, -0.2) is 0 Å². The van der Waals surface area contributed by atoms with Crippen LogP contribution in [0.25, 0.3) is 0 Å². The third-order valence-corrected chi connectivity index (χ3v) is 11.6. The van der Waals surface area contributed by atoms with E-state index in [0.29, 0.717) is 0 Å². The predicted octanol–water partition coefficient (Wildman–Crippen LogP) is 3.38. The number of allylic oxidation sites excluding steroid dienone is 3. The summed E-state index contributed by atoms with van der Waals surface area (Å²) in [5.74, 6) is 0. The highest BCUT2D eigenvalue weighted by atomic mass is 28.5. The van der Waals surface area contributed by atoms with E-state index in [0.717, 1.165) is 5.20 Å². The molecule has 1 aliphatic rings. The Morgan fingerprint density at radius 3 is 1.69 bits per heavy atom. The smallest absolute Gasteiger partial charge is 0.380 e. The molecule has 0 bridgehead atoms. The number of rotatable bonds is 4. The Balaban J connectivity index is 3.10. The normalized spacial score (nSPS) is 20.5. The van der Waals surface area contributed by atoms with Crippen LogP contribution in [0.5, 0.6) is 0 Å². The molecule has 0 aromatic carbocycles. The van der Waals surface area contributed by atoms with E-state index in [1.54, 1.807) is 11.4 Å². The van der Waals surface area contributed by atoms with Crippen molar-refractivity contribution in [3.05, 3.63) is 47.1 Å². The van der Waals surface area contributed by atoms with Crippen molar-refractivity contribution in [2.24, 2.45) is 0 Å². The zero-order valence-electron chi connectivity index (χ0n) is 10.6. The van der Waals surface area contributed by atoms with Crippen LogP contribution in [0.1, 0.15) is 27.7 Å². The van der Waals surface area contributed by atoms with Gasteiger partial charge in [0.25, 0.3) is 0 Å². The van der Waals surface area contributed by atoms with Crippen LogP contribution in [0.15, 0.2) is 47.1 Å². The largest absolute Gasteiger partial charge is 0.403 e. The van der Waals surface area contributed by atoms with Gasteiger partial charge in [0.1, 0.15) is 0 Å². The summed E-state index contributed by atoms with van der Waals surface area (Å²) in [4.78, 5) is 0. The molecule has 0 aromatic rings. The van der Waals surface area contributed by atoms with Crippen LogP contribution in [0, 0.1) is 0 Å². The molecule has 0 saturated carbocycles. The van der Waals surface area contributed by atoms with Crippen LogP contribution >= 0.6 is 0 Å². The van der Waals surface area contributed by atoms with Crippen molar-refractivity contribution in [1.29, 1.82) is 0 Å². The molecule has 0 radical (unpaired) electrons. The topological polar surface area (TPSA) is 18.5 Å². The van der Waals surface area contributed by atoms with Crippen molar-refractivity contribution in [2.75, 3.05) is 0 Å². The van der Waals surface area contributed by atoms with Crippen molar-refractivity contribution < 1.29 is 8.23 Å². The zero-order valence-corrected chi connectivity index (χ0v) is 12.6. The van der Waals surface area contributed by atoms with Gasteiger partial charge in [-0.3, -0.25) is 0 Å². The molecule has 16 heavy (non-hydrogen) atoms. The first-order valence-electron chi connectivity index (χ1n) is 5.31. The summed E-state index contributed by atoms with van der Waals surface area (Å²) in [7, 11) is -4.66. The van der Waals surface area contributed by atoms with E-state index < -0.39 is 17.1 Å². The van der Waals surface area contributed by atoms with Crippen LogP contribution in [0.4, 0.5) is 0 Å². The Morgan fingerprint density at radius 2 is 1.44 bits per heavy atom. The fourth-order valence-electron chi connectivity index (χ4n) is 1.68. The first-order valence-corrected chi connectivity index (χ1v) is 9.10. The molecule has 0 spiro atoms. The number of hydrogen-bond donors (Lipinski definition) is 0. The maximum atomic E-state index is 6.16. The number of hydrogen-bond acceptors (Lipinski definition) is 2. The molecular weight excluding hydrogens is 232 g/mol. The van der Waals surface area contributed by atoms with E-state index in [4.69, 9.17) is 8.23 Å². The first-order chi connectivity index (χ1) is 7.33. The third-order valence-electron chi connectivity index (χ3n) is 2.98. The van der Waals surface area contributed by atoms with Crippen LogP contribution in [0.2, 0.25) is 0 Å². The lowest BCUT2D eigenvalue weighted by molar-refractivity contribution is 0.253. The average Bonchev–Trinajstić information content (AvgIpc) is 2.17. The SMILES string of the molecule is C=C[Si]1(C=C)O[Si](C(=C)C)(C(C)=C(C)C)O1. The first kappa shape index (κ1) is 13.4. The highest BCUT2D eigenvalue weighted by Gasteiger charge is 2.61. The van der Waals surface area contributed by atoms with Gasteiger partial charge in [0.2, 0.25) is 0 Å². The summed E-state index contributed by atoms with van der Waals surface area (Å²) in [5.41, 5.74) is 4.78. The highest BCUT2D eigenvalue weighted by molar-refractivity contribution is 7.04. The van der Waals surface area contributed by atoms with E-state index in [-0.39, 0.29) is 0 Å². The average molecular weight is 252 g/mol. The zero-order chi connectivity index (χ0) is 12.6. The second-order valence-corrected chi connectivity index (χ2v) is 11.1. The Morgan fingerprint density at radius 1 is 1.00 bits per heavy atom. The maximum Gasteiger partial charge on any atom is 0.380 e. The molecule has 0 unspecified atom stereocenters. The summed E-state index contributed by atoms with van der Waals surface area (Å²) in [5, 5.41) is 2.20. The molecule has 0 amide bonds. The summed E-state index contributed by atoms with van der Waals surface area (Å²) in [6.45, 7) is 19.8. The molecule has 0 atom stereocenters. The van der Waals surface area contributed by atoms with Gasteiger partial charge in [0, 0.05) is 0 Å². The van der Waals surface area contributed by atoms with Crippen LogP contribution in [-0.4, -0.2) is 17.1 Å². The van der Waals surface area contributed by atoms with Crippen molar-refractivity contribution >= 4 is 17.1 Å². The van der Waals surface area contributed by atoms with Gasteiger partial charge in [-0.15, -0.1) is 13.2 Å². The van der Waals surface area contributed by atoms with E-state index in [2.05, 4.69) is 40.5 Å². The molecule has 1 aliphatic heterocycles. The highest BCUT2D eigenvalue weighted by Crippen LogP contribution is 2.41. The summed E-state index contributed by atoms with van der Waals surface area (Å²) < 4.78 is 12.3. The van der Waals surface area contributed by atoms with Gasteiger partial charge in [0.15, 0.2) is 0 Å². The van der Waals surface area contributed by atoms with Gasteiger partial charge >= 0.3 is 17.1 Å². The van der Waals surface area contributed by atoms with Gasteiger partial charge in [0.05, 0.1) is 0 Å². The molecule has 0 aliphatic carbocycles. The Hall–Kier alpha value is -0.686. The molecule has 1 rings (SSSR count). The van der Waals surface area contributed by atoms with Gasteiger partial charge < -0.3 is 8.23 Å². The second kappa shape index (κ2) is 4.29. The molecule has 1 heterocycles. The van der Waals surface area contributed by atoms with Gasteiger partial charge in [-0.2, -0.15) is 0 Å². The minimum absolute atomic E-state index is 0.998. The molecule has 2 nitrogen and oxygen atoms in total. The molecule has 0 aromatic heterocycles. The molecule has 4 heteroatoms. The quantitative estimate of drug-likeness (QED) is 0.714. The van der Waals surface area contributed by atoms with Crippen LogP contribution in [0.3, 0.4) is 0 Å². The second-order valence-electron chi connectivity index (χ2n) is 4.36. The Bertz CT molecular complexity index is 362. The maximum absolute atomic E-state index is 6.16.